The van der Waals surface area contributed by atoms with Crippen molar-refractivity contribution in [1.29, 1.82) is 0 Å². The minimum atomic E-state index is -0.974. The molecule has 7 heteroatoms. The van der Waals surface area contributed by atoms with Crippen molar-refractivity contribution in [3.05, 3.63) is 50.6 Å². The lowest BCUT2D eigenvalue weighted by atomic mass is 10.2. The number of carboxylic acids is 1. The molecule has 0 aliphatic rings. The second-order valence-electron chi connectivity index (χ2n) is 4.17. The van der Waals surface area contributed by atoms with Gasteiger partial charge in [-0.3, -0.25) is 9.59 Å². The van der Waals surface area contributed by atoms with Crippen LogP contribution < -0.4 is 4.90 Å². The van der Waals surface area contributed by atoms with Crippen LogP contribution in [0.15, 0.2) is 36.4 Å². The lowest BCUT2D eigenvalue weighted by molar-refractivity contribution is -0.136. The molecular formula is C14H11Cl2NO3S. The van der Waals surface area contributed by atoms with E-state index in [0.717, 1.165) is 11.3 Å². The zero-order chi connectivity index (χ0) is 15.4. The van der Waals surface area contributed by atoms with Gasteiger partial charge >= 0.3 is 5.97 Å². The molecule has 1 amide bonds. The van der Waals surface area contributed by atoms with E-state index in [1.807, 2.05) is 6.07 Å². The number of nitrogens with zero attached hydrogens (tertiary/aromatic N) is 1. The Kier molecular flexibility index (Phi) is 5.22. The third-order valence-corrected chi connectivity index (χ3v) is 4.24. The first kappa shape index (κ1) is 15.8. The van der Waals surface area contributed by atoms with Crippen LogP contribution in [-0.4, -0.2) is 23.5 Å². The number of thiophene rings is 1. The molecule has 1 N–H and O–H groups in total. The van der Waals surface area contributed by atoms with Crippen LogP contribution in [0.3, 0.4) is 0 Å². The lowest BCUT2D eigenvalue weighted by Gasteiger charge is -2.21. The van der Waals surface area contributed by atoms with Gasteiger partial charge in [0.1, 0.15) is 4.34 Å². The third-order valence-electron chi connectivity index (χ3n) is 2.75. The number of amides is 1. The molecule has 0 spiro atoms. The normalized spacial score (nSPS) is 10.4. The molecule has 1 aromatic carbocycles. The van der Waals surface area contributed by atoms with Crippen molar-refractivity contribution < 1.29 is 14.7 Å². The van der Waals surface area contributed by atoms with E-state index < -0.39 is 5.97 Å². The maximum atomic E-state index is 12.6. The smallest absolute Gasteiger partial charge is 0.305 e. The van der Waals surface area contributed by atoms with Crippen molar-refractivity contribution >= 4 is 52.1 Å². The molecule has 0 saturated carbocycles. The third kappa shape index (κ3) is 3.97. The first-order valence-corrected chi connectivity index (χ1v) is 7.60. The zero-order valence-electron chi connectivity index (χ0n) is 10.8. The molecule has 2 rings (SSSR count). The molecule has 0 unspecified atom stereocenters. The SMILES string of the molecule is O=C(O)CCN(C(=O)c1cc(Cl)sc1Cl)c1ccccc1. The van der Waals surface area contributed by atoms with Crippen molar-refractivity contribution in [2.75, 3.05) is 11.4 Å². The molecule has 0 bridgehead atoms. The number of carboxylic acid groups (broad SMARTS) is 1. The summed E-state index contributed by atoms with van der Waals surface area (Å²) in [5.74, 6) is -1.34. The van der Waals surface area contributed by atoms with Crippen LogP contribution in [-0.2, 0) is 4.79 Å². The number of hydrogen-bond acceptors (Lipinski definition) is 3. The van der Waals surface area contributed by atoms with Gasteiger partial charge in [0.15, 0.2) is 0 Å². The molecule has 0 aliphatic heterocycles. The molecular weight excluding hydrogens is 333 g/mol. The molecule has 0 saturated heterocycles. The fourth-order valence-corrected chi connectivity index (χ4v) is 3.24. The van der Waals surface area contributed by atoms with Gasteiger partial charge in [-0.2, -0.15) is 0 Å². The number of hydrogen-bond donors (Lipinski definition) is 1. The highest BCUT2D eigenvalue weighted by Gasteiger charge is 2.22. The van der Waals surface area contributed by atoms with Crippen LogP contribution in [0.2, 0.25) is 8.67 Å². The number of anilines is 1. The monoisotopic (exact) mass is 343 g/mol. The van der Waals surface area contributed by atoms with Gasteiger partial charge in [0.05, 0.1) is 16.3 Å². The van der Waals surface area contributed by atoms with Crippen LogP contribution in [0.5, 0.6) is 0 Å². The van der Waals surface area contributed by atoms with Gasteiger partial charge in [-0.1, -0.05) is 41.4 Å². The number of carbonyl (C=O) groups excluding carboxylic acids is 1. The summed E-state index contributed by atoms with van der Waals surface area (Å²) in [5, 5.41) is 8.84. The Morgan fingerprint density at radius 1 is 1.19 bits per heavy atom. The van der Waals surface area contributed by atoms with Crippen LogP contribution in [0.4, 0.5) is 5.69 Å². The standard InChI is InChI=1S/C14H11Cl2NO3S/c15-11-8-10(13(16)21-11)14(20)17(7-6-12(18)19)9-4-2-1-3-5-9/h1-5,8H,6-7H2,(H,18,19). The van der Waals surface area contributed by atoms with Gasteiger partial charge in [0.2, 0.25) is 0 Å². The number of halogens is 2. The summed E-state index contributed by atoms with van der Waals surface area (Å²) in [5.41, 5.74) is 0.892. The topological polar surface area (TPSA) is 57.6 Å². The van der Waals surface area contributed by atoms with Gasteiger partial charge in [0, 0.05) is 12.2 Å². The van der Waals surface area contributed by atoms with Gasteiger partial charge in [0.25, 0.3) is 5.91 Å². The van der Waals surface area contributed by atoms with Gasteiger partial charge in [-0.05, 0) is 18.2 Å². The minimum absolute atomic E-state index is 0.0575. The number of para-hydroxylation sites is 1. The Balaban J connectivity index is 2.32. The average molecular weight is 344 g/mol. The number of carbonyl (C=O) groups is 2. The highest BCUT2D eigenvalue weighted by atomic mass is 35.5. The van der Waals surface area contributed by atoms with Crippen molar-refractivity contribution in [3.63, 3.8) is 0 Å². The summed E-state index contributed by atoms with van der Waals surface area (Å²) < 4.78 is 0.704. The number of benzene rings is 1. The molecule has 0 atom stereocenters. The second-order valence-corrected chi connectivity index (χ2v) is 6.46. The van der Waals surface area contributed by atoms with Gasteiger partial charge in [-0.25, -0.2) is 0 Å². The van der Waals surface area contributed by atoms with E-state index >= 15 is 0 Å². The fraction of sp³-hybridized carbons (Fsp3) is 0.143. The number of rotatable bonds is 5. The summed E-state index contributed by atoms with van der Waals surface area (Å²) >= 11 is 13.0. The van der Waals surface area contributed by atoms with E-state index in [1.165, 1.54) is 11.0 Å². The largest absolute Gasteiger partial charge is 0.481 e. The molecule has 0 radical (unpaired) electrons. The first-order valence-electron chi connectivity index (χ1n) is 6.02. The summed E-state index contributed by atoms with van der Waals surface area (Å²) in [6, 6.07) is 10.3. The summed E-state index contributed by atoms with van der Waals surface area (Å²) in [6.07, 6.45) is -0.157. The van der Waals surface area contributed by atoms with Crippen molar-refractivity contribution in [3.8, 4) is 0 Å². The zero-order valence-corrected chi connectivity index (χ0v) is 13.1. The van der Waals surface area contributed by atoms with Crippen molar-refractivity contribution in [2.24, 2.45) is 0 Å². The molecule has 1 aromatic heterocycles. The quantitative estimate of drug-likeness (QED) is 0.885. The van der Waals surface area contributed by atoms with E-state index in [0.29, 0.717) is 14.4 Å². The van der Waals surface area contributed by atoms with Crippen molar-refractivity contribution in [2.45, 2.75) is 6.42 Å². The fourth-order valence-electron chi connectivity index (χ4n) is 1.79. The number of aliphatic carboxylic acids is 1. The van der Waals surface area contributed by atoms with Gasteiger partial charge < -0.3 is 10.0 Å². The van der Waals surface area contributed by atoms with E-state index in [9.17, 15) is 9.59 Å². The molecule has 2 aromatic rings. The maximum Gasteiger partial charge on any atom is 0.305 e. The van der Waals surface area contributed by atoms with Crippen LogP contribution >= 0.6 is 34.5 Å². The van der Waals surface area contributed by atoms with E-state index in [1.54, 1.807) is 24.3 Å². The Labute approximate surface area is 135 Å². The highest BCUT2D eigenvalue weighted by Crippen LogP contribution is 2.32. The Bertz CT molecular complexity index is 657. The second kappa shape index (κ2) is 6.93. The van der Waals surface area contributed by atoms with Crippen LogP contribution in [0, 0.1) is 0 Å². The van der Waals surface area contributed by atoms with Crippen molar-refractivity contribution in [1.82, 2.24) is 0 Å². The minimum Gasteiger partial charge on any atom is -0.481 e. The maximum absolute atomic E-state index is 12.6. The predicted octanol–water partition coefficient (Wildman–Crippen LogP) is 4.18. The molecule has 110 valence electrons. The van der Waals surface area contributed by atoms with Crippen LogP contribution in [0.25, 0.3) is 0 Å². The Hall–Kier alpha value is -1.56. The van der Waals surface area contributed by atoms with E-state index in [2.05, 4.69) is 0 Å². The summed E-state index contributed by atoms with van der Waals surface area (Å²) in [6.45, 7) is 0.0575. The van der Waals surface area contributed by atoms with E-state index in [4.69, 9.17) is 28.3 Å². The first-order chi connectivity index (χ1) is 9.99. The Morgan fingerprint density at radius 3 is 2.38 bits per heavy atom. The van der Waals surface area contributed by atoms with E-state index in [-0.39, 0.29) is 24.4 Å². The van der Waals surface area contributed by atoms with Crippen LogP contribution in [0.1, 0.15) is 16.8 Å². The molecule has 0 aliphatic carbocycles. The van der Waals surface area contributed by atoms with Gasteiger partial charge in [-0.15, -0.1) is 11.3 Å². The molecule has 4 nitrogen and oxygen atoms in total. The highest BCUT2D eigenvalue weighted by molar-refractivity contribution is 7.20. The molecule has 1 heterocycles. The summed E-state index contributed by atoms with van der Waals surface area (Å²) in [4.78, 5) is 24.8. The summed E-state index contributed by atoms with van der Waals surface area (Å²) in [7, 11) is 0. The lowest BCUT2D eigenvalue weighted by Crippen LogP contribution is -2.32. The molecule has 0 fully saturated rings. The molecule has 21 heavy (non-hydrogen) atoms. The average Bonchev–Trinajstić information content (AvgIpc) is 2.78. The Morgan fingerprint density at radius 2 is 1.86 bits per heavy atom. The predicted molar refractivity (Wildman–Crippen MR) is 84.7 cm³/mol.